The van der Waals surface area contributed by atoms with E-state index >= 15 is 0 Å². The summed E-state index contributed by atoms with van der Waals surface area (Å²) in [5.74, 6) is 0.810. The fraction of sp³-hybridized carbons (Fsp3) is 0.474. The van der Waals surface area contributed by atoms with E-state index in [-0.39, 0.29) is 11.9 Å². The summed E-state index contributed by atoms with van der Waals surface area (Å²) in [4.78, 5) is 14.5. The molecule has 6 heteroatoms. The lowest BCUT2D eigenvalue weighted by atomic mass is 9.86. The number of hydrogen-bond donors (Lipinski definition) is 1. The summed E-state index contributed by atoms with van der Waals surface area (Å²) < 4.78 is 6.93. The van der Waals surface area contributed by atoms with Crippen LogP contribution in [0.4, 0.5) is 0 Å². The summed E-state index contributed by atoms with van der Waals surface area (Å²) in [7, 11) is 1.62. The van der Waals surface area contributed by atoms with Crippen molar-refractivity contribution in [2.24, 2.45) is 0 Å². The number of methoxy groups -OCH3 is 1. The van der Waals surface area contributed by atoms with Crippen LogP contribution in [0.1, 0.15) is 31.7 Å². The maximum atomic E-state index is 12.7. The molecule has 6 nitrogen and oxygen atoms in total. The van der Waals surface area contributed by atoms with Crippen LogP contribution < -0.4 is 4.74 Å². The second kappa shape index (κ2) is 7.27. The van der Waals surface area contributed by atoms with E-state index in [9.17, 15) is 9.90 Å². The molecule has 3 rings (SSSR count). The maximum Gasteiger partial charge on any atom is 0.224 e. The van der Waals surface area contributed by atoms with Gasteiger partial charge in [0.25, 0.3) is 0 Å². The molecule has 2 heterocycles. The number of carbonyl (C=O) groups excluding carboxylic acids is 1. The van der Waals surface area contributed by atoms with Gasteiger partial charge in [-0.1, -0.05) is 12.1 Å². The minimum Gasteiger partial charge on any atom is -0.497 e. The van der Waals surface area contributed by atoms with Crippen LogP contribution in [0.2, 0.25) is 0 Å². The van der Waals surface area contributed by atoms with E-state index in [1.54, 1.807) is 24.9 Å². The SMILES string of the molecule is COc1ccc(C(C)(O)C2CCCN2C(=O)CCn2cccn2)cc1. The third kappa shape index (κ3) is 3.69. The van der Waals surface area contributed by atoms with Crippen molar-refractivity contribution in [3.05, 3.63) is 48.3 Å². The second-order valence-corrected chi connectivity index (χ2v) is 6.64. The molecule has 25 heavy (non-hydrogen) atoms. The summed E-state index contributed by atoms with van der Waals surface area (Å²) in [5.41, 5.74) is -0.297. The van der Waals surface area contributed by atoms with Gasteiger partial charge in [-0.3, -0.25) is 9.48 Å². The first kappa shape index (κ1) is 17.5. The Hall–Kier alpha value is -2.34. The lowest BCUT2D eigenvalue weighted by Gasteiger charge is -2.37. The molecule has 1 aliphatic rings. The monoisotopic (exact) mass is 343 g/mol. The van der Waals surface area contributed by atoms with Crippen LogP contribution >= 0.6 is 0 Å². The fourth-order valence-electron chi connectivity index (χ4n) is 3.56. The summed E-state index contributed by atoms with van der Waals surface area (Å²) in [5, 5.41) is 15.3. The topological polar surface area (TPSA) is 67.6 Å². The largest absolute Gasteiger partial charge is 0.497 e. The van der Waals surface area contributed by atoms with E-state index < -0.39 is 5.60 Å². The molecule has 1 amide bonds. The number of likely N-dealkylation sites (tertiary alicyclic amines) is 1. The van der Waals surface area contributed by atoms with Crippen LogP contribution in [-0.4, -0.2) is 45.4 Å². The van der Waals surface area contributed by atoms with E-state index in [2.05, 4.69) is 5.10 Å². The molecule has 1 aliphatic heterocycles. The minimum absolute atomic E-state index is 0.0618. The van der Waals surface area contributed by atoms with Crippen molar-refractivity contribution in [3.63, 3.8) is 0 Å². The van der Waals surface area contributed by atoms with Gasteiger partial charge in [-0.2, -0.15) is 5.10 Å². The quantitative estimate of drug-likeness (QED) is 0.873. The van der Waals surface area contributed by atoms with Gasteiger partial charge in [0.05, 0.1) is 13.2 Å². The van der Waals surface area contributed by atoms with Gasteiger partial charge >= 0.3 is 0 Å². The first-order valence-electron chi connectivity index (χ1n) is 8.66. The third-order valence-electron chi connectivity index (χ3n) is 5.01. The highest BCUT2D eigenvalue weighted by Gasteiger charge is 2.42. The average Bonchev–Trinajstić information content (AvgIpc) is 3.31. The van der Waals surface area contributed by atoms with Crippen molar-refractivity contribution >= 4 is 5.91 Å². The van der Waals surface area contributed by atoms with Gasteiger partial charge in [0.2, 0.25) is 5.91 Å². The Morgan fingerprint density at radius 3 is 2.80 bits per heavy atom. The van der Waals surface area contributed by atoms with Crippen LogP contribution in [-0.2, 0) is 16.9 Å². The van der Waals surface area contributed by atoms with E-state index in [0.717, 1.165) is 24.2 Å². The second-order valence-electron chi connectivity index (χ2n) is 6.64. The number of amides is 1. The number of hydrogen-bond acceptors (Lipinski definition) is 4. The molecular weight excluding hydrogens is 318 g/mol. The first-order chi connectivity index (χ1) is 12.0. The Morgan fingerprint density at radius 2 is 2.16 bits per heavy atom. The first-order valence-corrected chi connectivity index (χ1v) is 8.66. The third-order valence-corrected chi connectivity index (χ3v) is 5.01. The summed E-state index contributed by atoms with van der Waals surface area (Å²) in [6.07, 6.45) is 5.65. The van der Waals surface area contributed by atoms with Crippen molar-refractivity contribution in [2.45, 2.75) is 44.4 Å². The molecule has 0 spiro atoms. The summed E-state index contributed by atoms with van der Waals surface area (Å²) in [6.45, 7) is 3.03. The maximum absolute atomic E-state index is 12.7. The molecule has 2 unspecified atom stereocenters. The minimum atomic E-state index is -1.09. The predicted octanol–water partition coefficient (Wildman–Crippen LogP) is 2.18. The molecule has 1 fully saturated rings. The molecule has 0 bridgehead atoms. The van der Waals surface area contributed by atoms with Gasteiger partial charge in [0, 0.05) is 31.9 Å². The number of aliphatic hydroxyl groups is 1. The van der Waals surface area contributed by atoms with E-state index in [0.29, 0.717) is 19.5 Å². The van der Waals surface area contributed by atoms with Crippen molar-refractivity contribution in [1.82, 2.24) is 14.7 Å². The smallest absolute Gasteiger partial charge is 0.224 e. The van der Waals surface area contributed by atoms with Gasteiger partial charge in [0.1, 0.15) is 11.4 Å². The number of nitrogens with zero attached hydrogens (tertiary/aromatic N) is 3. The Morgan fingerprint density at radius 1 is 1.40 bits per heavy atom. The number of aryl methyl sites for hydroxylation is 1. The highest BCUT2D eigenvalue weighted by Crippen LogP contribution is 2.35. The molecule has 2 atom stereocenters. The van der Waals surface area contributed by atoms with Crippen LogP contribution in [0.3, 0.4) is 0 Å². The summed E-state index contributed by atoms with van der Waals surface area (Å²) >= 11 is 0. The van der Waals surface area contributed by atoms with E-state index in [1.807, 2.05) is 41.4 Å². The van der Waals surface area contributed by atoms with Crippen molar-refractivity contribution < 1.29 is 14.6 Å². The molecule has 0 saturated carbocycles. The lowest BCUT2D eigenvalue weighted by molar-refractivity contribution is -0.138. The number of rotatable bonds is 6. The molecule has 134 valence electrons. The average molecular weight is 343 g/mol. The van der Waals surface area contributed by atoms with Gasteiger partial charge in [-0.05, 0) is 43.5 Å². The van der Waals surface area contributed by atoms with Crippen molar-refractivity contribution in [1.29, 1.82) is 0 Å². The van der Waals surface area contributed by atoms with Gasteiger partial charge in [0.15, 0.2) is 0 Å². The Balaban J connectivity index is 1.71. The molecule has 2 aromatic rings. The van der Waals surface area contributed by atoms with Crippen LogP contribution in [0.5, 0.6) is 5.75 Å². The predicted molar refractivity (Wildman–Crippen MR) is 94.1 cm³/mol. The zero-order valence-corrected chi connectivity index (χ0v) is 14.8. The van der Waals surface area contributed by atoms with Crippen molar-refractivity contribution in [3.8, 4) is 5.75 Å². The molecule has 1 aromatic carbocycles. The highest BCUT2D eigenvalue weighted by molar-refractivity contribution is 5.77. The lowest BCUT2D eigenvalue weighted by Crippen LogP contribution is -2.48. The van der Waals surface area contributed by atoms with Gasteiger partial charge < -0.3 is 14.7 Å². The van der Waals surface area contributed by atoms with E-state index in [1.165, 1.54) is 0 Å². The zero-order valence-electron chi connectivity index (χ0n) is 14.8. The number of aromatic nitrogens is 2. The fourth-order valence-corrected chi connectivity index (χ4v) is 3.56. The molecule has 1 N–H and O–H groups in total. The Kier molecular flexibility index (Phi) is 5.08. The number of ether oxygens (including phenoxy) is 1. The zero-order chi connectivity index (χ0) is 17.9. The number of carbonyl (C=O) groups is 1. The molecule has 1 saturated heterocycles. The molecule has 0 radical (unpaired) electrons. The van der Waals surface area contributed by atoms with Crippen LogP contribution in [0.25, 0.3) is 0 Å². The van der Waals surface area contributed by atoms with Crippen LogP contribution in [0.15, 0.2) is 42.7 Å². The molecule has 0 aliphatic carbocycles. The Bertz CT molecular complexity index is 695. The van der Waals surface area contributed by atoms with Gasteiger partial charge in [-0.25, -0.2) is 0 Å². The van der Waals surface area contributed by atoms with Crippen molar-refractivity contribution in [2.75, 3.05) is 13.7 Å². The molecule has 1 aromatic heterocycles. The van der Waals surface area contributed by atoms with Crippen LogP contribution in [0, 0.1) is 0 Å². The number of benzene rings is 1. The summed E-state index contributed by atoms with van der Waals surface area (Å²) in [6, 6.07) is 9.03. The van der Waals surface area contributed by atoms with Gasteiger partial charge in [-0.15, -0.1) is 0 Å². The Labute approximate surface area is 148 Å². The standard InChI is InChI=1S/C19H25N3O3/c1-19(24,15-6-8-16(25-2)9-7-15)17-5-3-13-22(17)18(23)10-14-21-12-4-11-20-21/h4,6-9,11-12,17,24H,3,5,10,13-14H2,1-2H3. The highest BCUT2D eigenvalue weighted by atomic mass is 16.5. The van der Waals surface area contributed by atoms with E-state index in [4.69, 9.17) is 4.74 Å². The normalized spacial score (nSPS) is 19.6. The molecular formula is C19H25N3O3.